The first-order valence-corrected chi connectivity index (χ1v) is 7.30. The molecule has 94 valence electrons. The average molecular weight is 318 g/mol. The van der Waals surface area contributed by atoms with Crippen LogP contribution in [0.1, 0.15) is 43.7 Å². The highest BCUT2D eigenvalue weighted by atomic mass is 79.9. The van der Waals surface area contributed by atoms with Gasteiger partial charge in [0.2, 0.25) is 0 Å². The van der Waals surface area contributed by atoms with Gasteiger partial charge in [0.1, 0.15) is 0 Å². The molecule has 0 saturated heterocycles. The van der Waals surface area contributed by atoms with Crippen molar-refractivity contribution in [3.8, 4) is 0 Å². The number of hydrogen-bond acceptors (Lipinski definition) is 2. The van der Waals surface area contributed by atoms with Gasteiger partial charge in [0.05, 0.1) is 0 Å². The van der Waals surface area contributed by atoms with Crippen molar-refractivity contribution in [2.75, 3.05) is 0 Å². The summed E-state index contributed by atoms with van der Waals surface area (Å²) in [6.45, 7) is 0. The van der Waals surface area contributed by atoms with Crippen LogP contribution in [0.2, 0.25) is 5.02 Å². The van der Waals surface area contributed by atoms with Gasteiger partial charge in [0.15, 0.2) is 0 Å². The molecule has 0 heterocycles. The van der Waals surface area contributed by atoms with E-state index in [1.165, 1.54) is 37.7 Å². The van der Waals surface area contributed by atoms with E-state index in [1.807, 2.05) is 18.2 Å². The van der Waals surface area contributed by atoms with Crippen LogP contribution >= 0.6 is 27.5 Å². The summed E-state index contributed by atoms with van der Waals surface area (Å²) in [5.74, 6) is 6.36. The Morgan fingerprint density at radius 1 is 1.29 bits per heavy atom. The molecule has 1 atom stereocenters. The molecule has 0 aliphatic heterocycles. The van der Waals surface area contributed by atoms with Crippen molar-refractivity contribution in [3.05, 3.63) is 33.3 Å². The molecule has 1 aromatic carbocycles. The minimum absolute atomic E-state index is 0.198. The molecule has 0 aromatic heterocycles. The van der Waals surface area contributed by atoms with Gasteiger partial charge in [0.25, 0.3) is 0 Å². The van der Waals surface area contributed by atoms with Gasteiger partial charge < -0.3 is 0 Å². The Morgan fingerprint density at radius 3 is 2.65 bits per heavy atom. The lowest BCUT2D eigenvalue weighted by Gasteiger charge is -2.30. The van der Waals surface area contributed by atoms with Crippen LogP contribution in [0.5, 0.6) is 0 Å². The van der Waals surface area contributed by atoms with Crippen molar-refractivity contribution >= 4 is 27.5 Å². The zero-order valence-electron chi connectivity index (χ0n) is 9.76. The van der Waals surface area contributed by atoms with Crippen LogP contribution in [-0.2, 0) is 0 Å². The number of rotatable bonds is 3. The Labute approximate surface area is 116 Å². The topological polar surface area (TPSA) is 38.0 Å². The van der Waals surface area contributed by atoms with Gasteiger partial charge in [-0.15, -0.1) is 0 Å². The van der Waals surface area contributed by atoms with Crippen molar-refractivity contribution in [1.82, 2.24) is 5.43 Å². The molecule has 17 heavy (non-hydrogen) atoms. The summed E-state index contributed by atoms with van der Waals surface area (Å²) in [5, 5.41) is 0.763. The van der Waals surface area contributed by atoms with Crippen LogP contribution in [0.3, 0.4) is 0 Å². The van der Waals surface area contributed by atoms with Crippen LogP contribution in [-0.4, -0.2) is 0 Å². The van der Waals surface area contributed by atoms with Gasteiger partial charge >= 0.3 is 0 Å². The fourth-order valence-electron chi connectivity index (χ4n) is 2.70. The van der Waals surface area contributed by atoms with Gasteiger partial charge in [0, 0.05) is 15.5 Å². The molecular weight excluding hydrogens is 300 g/mol. The van der Waals surface area contributed by atoms with Crippen molar-refractivity contribution in [2.45, 2.75) is 38.1 Å². The van der Waals surface area contributed by atoms with E-state index in [4.69, 9.17) is 17.4 Å². The van der Waals surface area contributed by atoms with Crippen LogP contribution < -0.4 is 11.3 Å². The van der Waals surface area contributed by atoms with Crippen LogP contribution in [0.4, 0.5) is 0 Å². The van der Waals surface area contributed by atoms with Gasteiger partial charge in [-0.2, -0.15) is 0 Å². The number of nitrogens with one attached hydrogen (secondary N) is 1. The lowest BCUT2D eigenvalue weighted by Crippen LogP contribution is -2.34. The molecule has 4 heteroatoms. The van der Waals surface area contributed by atoms with E-state index >= 15 is 0 Å². The number of hydrazine groups is 1. The molecule has 1 aliphatic rings. The quantitative estimate of drug-likeness (QED) is 0.648. The molecule has 1 aliphatic carbocycles. The molecule has 3 N–H and O–H groups in total. The zero-order chi connectivity index (χ0) is 12.3. The molecule has 0 spiro atoms. The normalized spacial score (nSPS) is 19.2. The predicted octanol–water partition coefficient (Wildman–Crippen LogP) is 4.19. The molecular formula is C13H18BrClN2. The first kappa shape index (κ1) is 13.3. The van der Waals surface area contributed by atoms with Gasteiger partial charge in [-0.25, -0.2) is 0 Å². The maximum Gasteiger partial charge on any atom is 0.0499 e. The van der Waals surface area contributed by atoms with Crippen molar-refractivity contribution < 1.29 is 0 Å². The third-order valence-corrected chi connectivity index (χ3v) is 4.55. The molecule has 1 fully saturated rings. The second kappa shape index (κ2) is 6.19. The molecule has 1 saturated carbocycles. The highest BCUT2D eigenvalue weighted by molar-refractivity contribution is 9.10. The summed E-state index contributed by atoms with van der Waals surface area (Å²) in [7, 11) is 0. The lowest BCUT2D eigenvalue weighted by molar-refractivity contribution is 0.273. The first-order valence-electron chi connectivity index (χ1n) is 6.13. The van der Waals surface area contributed by atoms with Crippen molar-refractivity contribution in [3.63, 3.8) is 0 Å². The summed E-state index contributed by atoms with van der Waals surface area (Å²) in [6, 6.07) is 6.09. The summed E-state index contributed by atoms with van der Waals surface area (Å²) in [6.07, 6.45) is 6.45. The van der Waals surface area contributed by atoms with Gasteiger partial charge in [-0.3, -0.25) is 11.3 Å². The largest absolute Gasteiger partial charge is 0.271 e. The van der Waals surface area contributed by atoms with E-state index < -0.39 is 0 Å². The van der Waals surface area contributed by atoms with E-state index in [2.05, 4.69) is 21.4 Å². The lowest BCUT2D eigenvalue weighted by atomic mass is 9.81. The van der Waals surface area contributed by atoms with Crippen LogP contribution in [0.25, 0.3) is 0 Å². The third kappa shape index (κ3) is 3.22. The maximum atomic E-state index is 6.07. The second-order valence-corrected chi connectivity index (χ2v) is 6.00. The predicted molar refractivity (Wildman–Crippen MR) is 75.8 cm³/mol. The number of halogens is 2. The Kier molecular flexibility index (Phi) is 4.86. The van der Waals surface area contributed by atoms with E-state index in [0.717, 1.165) is 9.50 Å². The summed E-state index contributed by atoms with van der Waals surface area (Å²) < 4.78 is 1.08. The second-order valence-electron chi connectivity index (χ2n) is 4.71. The van der Waals surface area contributed by atoms with Gasteiger partial charge in [-0.1, -0.05) is 46.8 Å². The zero-order valence-corrected chi connectivity index (χ0v) is 12.1. The fourth-order valence-corrected chi connectivity index (χ4v) is 3.37. The highest BCUT2D eigenvalue weighted by Crippen LogP contribution is 2.37. The molecule has 1 aromatic rings. The maximum absolute atomic E-state index is 6.07. The van der Waals surface area contributed by atoms with Crippen molar-refractivity contribution in [1.29, 1.82) is 0 Å². The minimum Gasteiger partial charge on any atom is -0.271 e. The Balaban J connectivity index is 2.24. The fraction of sp³-hybridized carbons (Fsp3) is 0.538. The Morgan fingerprint density at radius 2 is 2.00 bits per heavy atom. The number of hydrogen-bond donors (Lipinski definition) is 2. The Hall–Kier alpha value is -0.0900. The van der Waals surface area contributed by atoms with Gasteiger partial charge in [-0.05, 0) is 42.5 Å². The standard InChI is InChI=1S/C13H18BrClN2/c14-12-7-6-10(15)8-11(12)13(17-16)9-4-2-1-3-5-9/h6-9,13,17H,1-5,16H2. The smallest absolute Gasteiger partial charge is 0.0499 e. The van der Waals surface area contributed by atoms with E-state index in [-0.39, 0.29) is 6.04 Å². The molecule has 0 bridgehead atoms. The van der Waals surface area contributed by atoms with E-state index in [0.29, 0.717) is 5.92 Å². The summed E-state index contributed by atoms with van der Waals surface area (Å²) >= 11 is 9.65. The molecule has 2 nitrogen and oxygen atoms in total. The summed E-state index contributed by atoms with van der Waals surface area (Å²) in [5.41, 5.74) is 4.14. The monoisotopic (exact) mass is 316 g/mol. The summed E-state index contributed by atoms with van der Waals surface area (Å²) in [4.78, 5) is 0. The molecule has 0 amide bonds. The minimum atomic E-state index is 0.198. The van der Waals surface area contributed by atoms with E-state index in [1.54, 1.807) is 0 Å². The van der Waals surface area contributed by atoms with Crippen LogP contribution in [0, 0.1) is 5.92 Å². The first-order chi connectivity index (χ1) is 8.22. The third-order valence-electron chi connectivity index (χ3n) is 3.59. The Bertz CT molecular complexity index is 378. The average Bonchev–Trinajstić information content (AvgIpc) is 2.36. The SMILES string of the molecule is NNC(c1cc(Cl)ccc1Br)C1CCCCC1. The number of benzene rings is 1. The number of nitrogens with two attached hydrogens (primary N) is 1. The van der Waals surface area contributed by atoms with Crippen LogP contribution in [0.15, 0.2) is 22.7 Å². The molecule has 2 rings (SSSR count). The van der Waals surface area contributed by atoms with E-state index in [9.17, 15) is 0 Å². The van der Waals surface area contributed by atoms with Crippen molar-refractivity contribution in [2.24, 2.45) is 11.8 Å². The molecule has 0 radical (unpaired) electrons. The molecule has 1 unspecified atom stereocenters. The highest BCUT2D eigenvalue weighted by Gasteiger charge is 2.25.